The number of amides is 9. The summed E-state index contributed by atoms with van der Waals surface area (Å²) in [5, 5.41) is 29.7. The number of nitrogens with one attached hydrogen (secondary N) is 8. The Balaban J connectivity index is 0.887. The molecule has 85 heavy (non-hydrogen) atoms. The summed E-state index contributed by atoms with van der Waals surface area (Å²) in [7, 11) is 2.10. The summed E-state index contributed by atoms with van der Waals surface area (Å²) in [6, 6.07) is 13.7. The number of carbonyl (C=O) groups is 10. The van der Waals surface area contributed by atoms with Gasteiger partial charge < -0.3 is 63.7 Å². The molecule has 6 aromatic rings. The van der Waals surface area contributed by atoms with Crippen molar-refractivity contribution in [3.05, 3.63) is 108 Å². The van der Waals surface area contributed by atoms with E-state index in [0.717, 1.165) is 71.1 Å². The van der Waals surface area contributed by atoms with E-state index in [0.29, 0.717) is 42.6 Å². The van der Waals surface area contributed by atoms with E-state index >= 15 is 0 Å². The van der Waals surface area contributed by atoms with Gasteiger partial charge in [0, 0.05) is 71.7 Å². The lowest BCUT2D eigenvalue weighted by Gasteiger charge is -2.30. The standard InChI is InChI=1S/C58H64N14O11S2/c59-21-4-3-12-38-54(79)64-28-45(74)65-39(27-46(75)76)55(80)68-40(26-34-19-14-31-8-1-2-9-35(31)34)58(83)72-25-7-13-43(72)57(82)69-41(51(60)77)29-84-85-30-42(56(81)67-38)66-44(73)20-24-63-53(78)33-17-15-32(16-18-33)52-70-49-36-10-5-22-61-47(36)48-37(50(49)71-52)11-6-23-62-48/h1-2,5-6,8-11,15-19,22-23,38-43H,3-4,7,12-14,20-21,24-30,59H2,(H2,60,77)(H,63,78)(H,64,79)(H,65,74)(H,66,73)(H,67,81)(H,68,80)(H,69,82)(H,70,71)(H,75,76). The molecule has 25 nitrogen and oxygen atoms in total. The van der Waals surface area contributed by atoms with E-state index in [9.17, 15) is 53.1 Å². The second kappa shape index (κ2) is 28.1. The zero-order valence-electron chi connectivity index (χ0n) is 46.0. The lowest BCUT2D eigenvalue weighted by atomic mass is 9.98. The third kappa shape index (κ3) is 14.9. The first kappa shape index (κ1) is 60.6. The number of unbranched alkanes of at least 4 members (excludes halogenated alkanes) is 1. The number of allylic oxidation sites excluding steroid dienone is 1. The minimum Gasteiger partial charge on any atom is -0.481 e. The molecular formula is C58H64N14O11S2. The van der Waals surface area contributed by atoms with Crippen molar-refractivity contribution in [1.29, 1.82) is 0 Å². The highest BCUT2D eigenvalue weighted by Crippen LogP contribution is 2.34. The van der Waals surface area contributed by atoms with Crippen LogP contribution in [0.1, 0.15) is 72.9 Å². The van der Waals surface area contributed by atoms with Gasteiger partial charge in [-0.2, -0.15) is 0 Å². The molecule has 3 aromatic heterocycles. The van der Waals surface area contributed by atoms with E-state index in [1.165, 1.54) is 4.90 Å². The fraction of sp³-hybridized carbons (Fsp3) is 0.362. The van der Waals surface area contributed by atoms with Gasteiger partial charge >= 0.3 is 5.97 Å². The van der Waals surface area contributed by atoms with Crippen molar-refractivity contribution in [3.63, 3.8) is 0 Å². The molecule has 3 aromatic carbocycles. The number of primary amides is 1. The Bertz CT molecular complexity index is 3530. The average molecular weight is 1200 g/mol. The molecule has 9 rings (SSSR count). The monoisotopic (exact) mass is 1200 g/mol. The van der Waals surface area contributed by atoms with Crippen LogP contribution in [0.5, 0.6) is 0 Å². The fourth-order valence-corrected chi connectivity index (χ4v) is 12.8. The number of nitrogens with zero attached hydrogens (tertiary/aromatic N) is 4. The summed E-state index contributed by atoms with van der Waals surface area (Å²) < 4.78 is 0. The van der Waals surface area contributed by atoms with E-state index in [2.05, 4.69) is 52.2 Å². The molecule has 13 N–H and O–H groups in total. The third-order valence-corrected chi connectivity index (χ3v) is 17.3. The number of H-pyrrole nitrogens is 1. The maximum absolute atomic E-state index is 14.6. The maximum Gasteiger partial charge on any atom is 0.305 e. The highest BCUT2D eigenvalue weighted by Gasteiger charge is 2.41. The highest BCUT2D eigenvalue weighted by molar-refractivity contribution is 8.76. The third-order valence-electron chi connectivity index (χ3n) is 14.8. The van der Waals surface area contributed by atoms with Crippen LogP contribution in [0.2, 0.25) is 0 Å². The van der Waals surface area contributed by atoms with Crippen LogP contribution in [0.4, 0.5) is 0 Å². The van der Waals surface area contributed by atoms with E-state index in [1.807, 2.05) is 54.6 Å². The summed E-state index contributed by atoms with van der Waals surface area (Å²) in [5.41, 5.74) is 18.1. The number of fused-ring (bicyclic) bond motifs is 8. The first-order valence-corrected chi connectivity index (χ1v) is 30.3. The van der Waals surface area contributed by atoms with Gasteiger partial charge in [-0.1, -0.05) is 64.1 Å². The molecule has 27 heteroatoms. The summed E-state index contributed by atoms with van der Waals surface area (Å²) in [6.45, 7) is -0.559. The van der Waals surface area contributed by atoms with Crippen molar-refractivity contribution in [2.45, 2.75) is 94.0 Å². The smallest absolute Gasteiger partial charge is 0.305 e. The number of carbonyl (C=O) groups excluding carboxylic acids is 9. The zero-order chi connectivity index (χ0) is 60.1. The quantitative estimate of drug-likeness (QED) is 0.0394. The van der Waals surface area contributed by atoms with Crippen LogP contribution in [0.25, 0.3) is 49.8 Å². The number of nitrogens with two attached hydrogens (primary N) is 2. The van der Waals surface area contributed by atoms with Gasteiger partial charge in [-0.3, -0.25) is 57.9 Å². The van der Waals surface area contributed by atoms with Gasteiger partial charge in [0.1, 0.15) is 42.1 Å². The van der Waals surface area contributed by atoms with E-state index in [-0.39, 0.29) is 56.8 Å². The molecule has 444 valence electrons. The Hall–Kier alpha value is -8.95. The van der Waals surface area contributed by atoms with E-state index < -0.39 is 108 Å². The molecule has 2 aliphatic heterocycles. The van der Waals surface area contributed by atoms with Crippen LogP contribution in [0.15, 0.2) is 91.3 Å². The maximum atomic E-state index is 14.6. The van der Waals surface area contributed by atoms with Crippen molar-refractivity contribution < 1.29 is 53.1 Å². The minimum absolute atomic E-state index is 0.0341. The highest BCUT2D eigenvalue weighted by atomic mass is 33.1. The van der Waals surface area contributed by atoms with Crippen molar-refractivity contribution in [3.8, 4) is 11.4 Å². The SMILES string of the molecule is NCCCCC1NC(=O)C(NC(=O)CCNC(=O)c2ccc(-c3nc4c5cccnc5c5ncccc5c4[nH]3)cc2)CSSCC(C(N)=O)NC(=O)C2CCCN2C(=O)C(CC2=CCc3ccccc32)NC(=O)C(CC(=O)O)NC(=O)CNC1=O. The van der Waals surface area contributed by atoms with Crippen molar-refractivity contribution >= 4 is 119 Å². The van der Waals surface area contributed by atoms with Gasteiger partial charge in [-0.05, 0) is 98.2 Å². The van der Waals surface area contributed by atoms with Crippen molar-refractivity contribution in [2.75, 3.05) is 37.7 Å². The molecule has 3 aliphatic rings. The van der Waals surface area contributed by atoms with Gasteiger partial charge in [-0.25, -0.2) is 4.98 Å². The Labute approximate surface area is 494 Å². The van der Waals surface area contributed by atoms with Crippen LogP contribution >= 0.6 is 21.6 Å². The fourth-order valence-electron chi connectivity index (χ4n) is 10.5. The largest absolute Gasteiger partial charge is 0.481 e. The number of carboxylic acids is 1. The number of carboxylic acid groups (broad SMARTS) is 1. The molecule has 0 saturated carbocycles. The predicted octanol–water partition coefficient (Wildman–Crippen LogP) is 1.49. The van der Waals surface area contributed by atoms with Gasteiger partial charge in [0.2, 0.25) is 47.3 Å². The van der Waals surface area contributed by atoms with Gasteiger partial charge in [-0.15, -0.1) is 0 Å². The number of rotatable bonds is 15. The molecule has 0 radical (unpaired) electrons. The molecule has 6 unspecified atom stereocenters. The van der Waals surface area contributed by atoms with Crippen LogP contribution in [0, 0.1) is 0 Å². The lowest BCUT2D eigenvalue weighted by Crippen LogP contribution is -2.58. The molecule has 0 spiro atoms. The Kier molecular flexibility index (Phi) is 20.0. The molecule has 2 fully saturated rings. The minimum atomic E-state index is -1.74. The van der Waals surface area contributed by atoms with E-state index in [1.54, 1.807) is 36.7 Å². The molecule has 6 atom stereocenters. The number of hydrogen-bond donors (Lipinski definition) is 11. The second-order valence-corrected chi connectivity index (χ2v) is 23.2. The average Bonchev–Trinajstić information content (AvgIpc) is 2.44. The number of imidazole rings is 1. The summed E-state index contributed by atoms with van der Waals surface area (Å²) in [5.74, 6) is -8.20. The molecular weight excluding hydrogens is 1130 g/mol. The number of aromatic amines is 1. The van der Waals surface area contributed by atoms with Crippen LogP contribution in [0.3, 0.4) is 0 Å². The summed E-state index contributed by atoms with van der Waals surface area (Å²) in [4.78, 5) is 155. The van der Waals surface area contributed by atoms with Gasteiger partial charge in [0.15, 0.2) is 0 Å². The van der Waals surface area contributed by atoms with Gasteiger partial charge in [0.05, 0.1) is 35.0 Å². The molecule has 9 amide bonds. The Morgan fingerprint density at radius 1 is 0.765 bits per heavy atom. The predicted molar refractivity (Wildman–Crippen MR) is 318 cm³/mol. The number of hydrogen-bond acceptors (Lipinski definition) is 16. The zero-order valence-corrected chi connectivity index (χ0v) is 47.7. The Morgan fingerprint density at radius 2 is 1.49 bits per heavy atom. The number of pyridine rings is 2. The second-order valence-electron chi connectivity index (χ2n) is 20.7. The van der Waals surface area contributed by atoms with E-state index in [4.69, 9.17) is 16.5 Å². The van der Waals surface area contributed by atoms with Crippen LogP contribution < -0.4 is 48.7 Å². The summed E-state index contributed by atoms with van der Waals surface area (Å²) >= 11 is 0. The number of aliphatic carboxylic acids is 1. The van der Waals surface area contributed by atoms with Crippen molar-refractivity contribution in [1.82, 2.24) is 62.1 Å². The first-order valence-electron chi connectivity index (χ1n) is 27.8. The topological polar surface area (TPSA) is 385 Å². The first-order chi connectivity index (χ1) is 41.1. The van der Waals surface area contributed by atoms with Gasteiger partial charge in [0.25, 0.3) is 5.91 Å². The molecule has 0 bridgehead atoms. The van der Waals surface area contributed by atoms with Crippen LogP contribution in [-0.4, -0.2) is 163 Å². The summed E-state index contributed by atoms with van der Waals surface area (Å²) in [6.07, 6.45) is 6.02. The Morgan fingerprint density at radius 3 is 2.25 bits per heavy atom. The number of aromatic nitrogens is 4. The number of benzene rings is 3. The van der Waals surface area contributed by atoms with Crippen LogP contribution in [-0.2, 0) is 49.6 Å². The van der Waals surface area contributed by atoms with Crippen molar-refractivity contribution in [2.24, 2.45) is 11.5 Å². The molecule has 1 aliphatic carbocycles. The lowest BCUT2D eigenvalue weighted by molar-refractivity contribution is -0.143. The molecule has 2 saturated heterocycles. The molecule has 5 heterocycles. The normalized spacial score (nSPS) is 21.2.